The third-order valence-electron chi connectivity index (χ3n) is 6.00. The van der Waals surface area contributed by atoms with Crippen molar-refractivity contribution in [3.8, 4) is 11.5 Å². The Hall–Kier alpha value is -3.35. The first-order chi connectivity index (χ1) is 15.2. The van der Waals surface area contributed by atoms with Gasteiger partial charge in [-0.25, -0.2) is 4.98 Å². The lowest BCUT2D eigenvalue weighted by Crippen LogP contribution is -2.39. The van der Waals surface area contributed by atoms with Crippen molar-refractivity contribution in [3.05, 3.63) is 53.9 Å². The number of amides is 1. The van der Waals surface area contributed by atoms with Gasteiger partial charge in [0.25, 0.3) is 0 Å². The van der Waals surface area contributed by atoms with Crippen LogP contribution in [0.1, 0.15) is 47.8 Å². The lowest BCUT2D eigenvalue weighted by atomic mass is 9.96. The molecule has 2 aliphatic heterocycles. The maximum absolute atomic E-state index is 12.8. The van der Waals surface area contributed by atoms with Crippen LogP contribution in [0, 0.1) is 0 Å². The lowest BCUT2D eigenvalue weighted by Gasteiger charge is -2.32. The van der Waals surface area contributed by atoms with Gasteiger partial charge in [-0.15, -0.1) is 0 Å². The summed E-state index contributed by atoms with van der Waals surface area (Å²) in [4.78, 5) is 35.4. The standard InChI is InChI=1S/C24H25N3O4/c28-20(16-7-9-21-22(14-16)31-13-12-30-21)8-10-23(29)27-11-3-4-17(15-27)24-25-18-5-1-2-6-19(18)26-24/h1-2,5-7,9,14,17H,3-4,8,10-13,15H2,(H,25,26). The number of imidazole rings is 1. The van der Waals surface area contributed by atoms with Crippen LogP contribution >= 0.6 is 0 Å². The first-order valence-electron chi connectivity index (χ1n) is 10.8. The number of fused-ring (bicyclic) bond motifs is 2. The van der Waals surface area contributed by atoms with Crippen LogP contribution in [0.3, 0.4) is 0 Å². The molecule has 2 aromatic carbocycles. The average molecular weight is 419 g/mol. The smallest absolute Gasteiger partial charge is 0.223 e. The third kappa shape index (κ3) is 4.13. The van der Waals surface area contributed by atoms with Crippen molar-refractivity contribution in [1.82, 2.24) is 14.9 Å². The number of benzene rings is 2. The molecule has 1 saturated heterocycles. The molecule has 3 aromatic rings. The summed E-state index contributed by atoms with van der Waals surface area (Å²) in [6, 6.07) is 13.2. The van der Waals surface area contributed by atoms with Crippen molar-refractivity contribution in [2.24, 2.45) is 0 Å². The van der Waals surface area contributed by atoms with Crippen molar-refractivity contribution in [1.29, 1.82) is 0 Å². The fraction of sp³-hybridized carbons (Fsp3) is 0.375. The number of piperidine rings is 1. The summed E-state index contributed by atoms with van der Waals surface area (Å²) in [6.45, 7) is 2.36. The highest BCUT2D eigenvalue weighted by molar-refractivity contribution is 5.98. The largest absolute Gasteiger partial charge is 0.486 e. The van der Waals surface area contributed by atoms with Gasteiger partial charge in [0.1, 0.15) is 19.0 Å². The Morgan fingerprint density at radius 2 is 1.90 bits per heavy atom. The lowest BCUT2D eigenvalue weighted by molar-refractivity contribution is -0.132. The number of para-hydroxylation sites is 2. The topological polar surface area (TPSA) is 84.5 Å². The molecule has 1 aromatic heterocycles. The van der Waals surface area contributed by atoms with Crippen LogP contribution in [-0.2, 0) is 4.79 Å². The van der Waals surface area contributed by atoms with E-state index >= 15 is 0 Å². The van der Waals surface area contributed by atoms with E-state index in [1.165, 1.54) is 0 Å². The fourth-order valence-electron chi connectivity index (χ4n) is 4.33. The summed E-state index contributed by atoms with van der Waals surface area (Å²) < 4.78 is 11.0. The summed E-state index contributed by atoms with van der Waals surface area (Å²) in [7, 11) is 0. The molecule has 1 N–H and O–H groups in total. The minimum absolute atomic E-state index is 0.0201. The molecule has 1 fully saturated rings. The van der Waals surface area contributed by atoms with Gasteiger partial charge in [0.15, 0.2) is 17.3 Å². The van der Waals surface area contributed by atoms with Crippen molar-refractivity contribution in [2.45, 2.75) is 31.6 Å². The number of hydrogen-bond acceptors (Lipinski definition) is 5. The zero-order valence-electron chi connectivity index (χ0n) is 17.3. The van der Waals surface area contributed by atoms with E-state index in [0.717, 1.165) is 36.2 Å². The molecule has 2 aliphatic rings. The molecule has 7 nitrogen and oxygen atoms in total. The van der Waals surface area contributed by atoms with Gasteiger partial charge in [-0.05, 0) is 43.2 Å². The summed E-state index contributed by atoms with van der Waals surface area (Å²) in [5, 5.41) is 0. The molecule has 0 spiro atoms. The molecule has 0 bridgehead atoms. The van der Waals surface area contributed by atoms with Crippen molar-refractivity contribution < 1.29 is 19.1 Å². The van der Waals surface area contributed by atoms with Crippen LogP contribution in [0.2, 0.25) is 0 Å². The molecule has 7 heteroatoms. The zero-order chi connectivity index (χ0) is 21.2. The Labute approximate surface area is 180 Å². The van der Waals surface area contributed by atoms with E-state index in [2.05, 4.69) is 4.98 Å². The van der Waals surface area contributed by atoms with Crippen LogP contribution in [-0.4, -0.2) is 52.9 Å². The van der Waals surface area contributed by atoms with Crippen LogP contribution in [0.5, 0.6) is 11.5 Å². The molecule has 1 amide bonds. The van der Waals surface area contributed by atoms with Gasteiger partial charge in [0.2, 0.25) is 5.91 Å². The highest BCUT2D eigenvalue weighted by Crippen LogP contribution is 2.31. The van der Waals surface area contributed by atoms with E-state index in [1.807, 2.05) is 29.2 Å². The van der Waals surface area contributed by atoms with E-state index in [0.29, 0.717) is 36.8 Å². The number of ether oxygens (including phenoxy) is 2. The van der Waals surface area contributed by atoms with Gasteiger partial charge in [0.05, 0.1) is 11.0 Å². The second-order valence-corrected chi connectivity index (χ2v) is 8.10. The monoisotopic (exact) mass is 419 g/mol. The van der Waals surface area contributed by atoms with Crippen LogP contribution in [0.25, 0.3) is 11.0 Å². The van der Waals surface area contributed by atoms with Gasteiger partial charge < -0.3 is 19.4 Å². The number of likely N-dealkylation sites (tertiary alicyclic amines) is 1. The summed E-state index contributed by atoms with van der Waals surface area (Å²) in [5.41, 5.74) is 2.52. The normalized spacial score (nSPS) is 18.2. The molecule has 0 saturated carbocycles. The Bertz CT molecular complexity index is 1090. The minimum atomic E-state index is -0.0591. The average Bonchev–Trinajstić information content (AvgIpc) is 3.26. The fourth-order valence-corrected chi connectivity index (χ4v) is 4.33. The predicted octanol–water partition coefficient (Wildman–Crippen LogP) is 3.70. The van der Waals surface area contributed by atoms with E-state index < -0.39 is 0 Å². The number of nitrogens with zero attached hydrogens (tertiary/aromatic N) is 2. The highest BCUT2D eigenvalue weighted by Gasteiger charge is 2.27. The number of Topliss-reactive ketones (excluding diaryl/α,β-unsaturated/α-hetero) is 1. The molecule has 3 heterocycles. The quantitative estimate of drug-likeness (QED) is 0.638. The summed E-state index contributed by atoms with van der Waals surface area (Å²) in [5.74, 6) is 2.34. The predicted molar refractivity (Wildman–Crippen MR) is 116 cm³/mol. The number of aromatic amines is 1. The number of aromatic nitrogens is 2. The Kier molecular flexibility index (Phi) is 5.32. The van der Waals surface area contributed by atoms with Gasteiger partial charge in [-0.3, -0.25) is 9.59 Å². The van der Waals surface area contributed by atoms with Crippen LogP contribution < -0.4 is 9.47 Å². The number of hydrogen-bond donors (Lipinski definition) is 1. The van der Waals surface area contributed by atoms with Crippen LogP contribution in [0.4, 0.5) is 0 Å². The third-order valence-corrected chi connectivity index (χ3v) is 6.00. The summed E-state index contributed by atoms with van der Waals surface area (Å²) in [6.07, 6.45) is 2.33. The second-order valence-electron chi connectivity index (χ2n) is 8.10. The Morgan fingerprint density at radius 1 is 1.06 bits per heavy atom. The molecule has 1 atom stereocenters. The molecule has 0 radical (unpaired) electrons. The van der Waals surface area contributed by atoms with Crippen molar-refractivity contribution >= 4 is 22.7 Å². The van der Waals surface area contributed by atoms with Gasteiger partial charge in [-0.1, -0.05) is 12.1 Å². The molecular formula is C24H25N3O4. The maximum atomic E-state index is 12.8. The molecule has 5 rings (SSSR count). The van der Waals surface area contributed by atoms with Crippen LogP contribution in [0.15, 0.2) is 42.5 Å². The minimum Gasteiger partial charge on any atom is -0.486 e. The van der Waals surface area contributed by atoms with Crippen molar-refractivity contribution in [2.75, 3.05) is 26.3 Å². The highest BCUT2D eigenvalue weighted by atomic mass is 16.6. The number of H-pyrrole nitrogens is 1. The zero-order valence-corrected chi connectivity index (χ0v) is 17.3. The van der Waals surface area contributed by atoms with E-state index in [-0.39, 0.29) is 30.4 Å². The number of carbonyl (C=O) groups is 2. The van der Waals surface area contributed by atoms with E-state index in [9.17, 15) is 9.59 Å². The number of rotatable bonds is 5. The molecular weight excluding hydrogens is 394 g/mol. The molecule has 1 unspecified atom stereocenters. The Morgan fingerprint density at radius 3 is 2.77 bits per heavy atom. The van der Waals surface area contributed by atoms with E-state index in [4.69, 9.17) is 14.5 Å². The molecule has 31 heavy (non-hydrogen) atoms. The second kappa shape index (κ2) is 8.41. The van der Waals surface area contributed by atoms with Gasteiger partial charge >= 0.3 is 0 Å². The SMILES string of the molecule is O=C(CCC(=O)N1CCCC(c2nc3ccccc3[nH]2)C1)c1ccc2c(c1)OCCO2. The number of carbonyl (C=O) groups excluding carboxylic acids is 2. The van der Waals surface area contributed by atoms with Gasteiger partial charge in [-0.2, -0.15) is 0 Å². The number of ketones is 1. The van der Waals surface area contributed by atoms with Crippen molar-refractivity contribution in [3.63, 3.8) is 0 Å². The molecule has 160 valence electrons. The number of nitrogens with one attached hydrogen (secondary N) is 1. The van der Waals surface area contributed by atoms with E-state index in [1.54, 1.807) is 18.2 Å². The molecule has 0 aliphatic carbocycles. The first kappa shape index (κ1) is 19.6. The van der Waals surface area contributed by atoms with Gasteiger partial charge in [0, 0.05) is 37.4 Å². The first-order valence-corrected chi connectivity index (χ1v) is 10.8. The summed E-state index contributed by atoms with van der Waals surface area (Å²) >= 11 is 0. The maximum Gasteiger partial charge on any atom is 0.223 e. The Balaban J connectivity index is 1.19.